The SMILES string of the molecule is Cc1ccc(CC2(O)CCN(CCNC(=O)c3ccc(O)cc3)CC2)cc1. The third kappa shape index (κ3) is 5.55. The molecule has 1 amide bonds. The zero-order valence-electron chi connectivity index (χ0n) is 15.8. The zero-order chi connectivity index (χ0) is 19.3. The summed E-state index contributed by atoms with van der Waals surface area (Å²) in [6.07, 6.45) is 2.18. The molecule has 27 heavy (non-hydrogen) atoms. The molecule has 0 bridgehead atoms. The molecule has 1 heterocycles. The van der Waals surface area contributed by atoms with E-state index in [2.05, 4.69) is 41.4 Å². The topological polar surface area (TPSA) is 72.8 Å². The van der Waals surface area contributed by atoms with Crippen molar-refractivity contribution < 1.29 is 15.0 Å². The van der Waals surface area contributed by atoms with Crippen LogP contribution in [-0.4, -0.2) is 52.8 Å². The molecule has 5 nitrogen and oxygen atoms in total. The summed E-state index contributed by atoms with van der Waals surface area (Å²) < 4.78 is 0. The van der Waals surface area contributed by atoms with Crippen LogP contribution in [0.25, 0.3) is 0 Å². The fourth-order valence-corrected chi connectivity index (χ4v) is 3.50. The molecule has 3 rings (SSSR count). The van der Waals surface area contributed by atoms with Crippen molar-refractivity contribution in [1.29, 1.82) is 0 Å². The molecule has 3 N–H and O–H groups in total. The van der Waals surface area contributed by atoms with Gasteiger partial charge < -0.3 is 20.4 Å². The van der Waals surface area contributed by atoms with Crippen molar-refractivity contribution in [2.75, 3.05) is 26.2 Å². The number of hydrogen-bond acceptors (Lipinski definition) is 4. The van der Waals surface area contributed by atoms with Gasteiger partial charge in [0, 0.05) is 38.2 Å². The molecule has 144 valence electrons. The highest BCUT2D eigenvalue weighted by Gasteiger charge is 2.32. The maximum Gasteiger partial charge on any atom is 0.251 e. The van der Waals surface area contributed by atoms with E-state index in [1.54, 1.807) is 12.1 Å². The van der Waals surface area contributed by atoms with E-state index in [-0.39, 0.29) is 11.7 Å². The van der Waals surface area contributed by atoms with E-state index in [9.17, 15) is 15.0 Å². The first-order chi connectivity index (χ1) is 12.9. The molecular formula is C22H28N2O3. The average molecular weight is 368 g/mol. The van der Waals surface area contributed by atoms with Gasteiger partial charge in [-0.1, -0.05) is 29.8 Å². The molecule has 1 aliphatic heterocycles. The molecular weight excluding hydrogens is 340 g/mol. The number of carbonyl (C=O) groups excluding carboxylic acids is 1. The molecule has 0 aromatic heterocycles. The Morgan fingerprint density at radius 2 is 1.70 bits per heavy atom. The van der Waals surface area contributed by atoms with Gasteiger partial charge in [0.2, 0.25) is 0 Å². The number of aromatic hydroxyl groups is 1. The van der Waals surface area contributed by atoms with Crippen molar-refractivity contribution >= 4 is 5.91 Å². The number of phenols is 1. The number of piperidine rings is 1. The van der Waals surface area contributed by atoms with Crippen LogP contribution in [0.5, 0.6) is 5.75 Å². The molecule has 1 saturated heterocycles. The van der Waals surface area contributed by atoms with E-state index in [1.807, 2.05) is 0 Å². The van der Waals surface area contributed by atoms with Gasteiger partial charge in [0.25, 0.3) is 5.91 Å². The largest absolute Gasteiger partial charge is 0.508 e. The molecule has 0 radical (unpaired) electrons. The number of benzene rings is 2. The molecule has 0 aliphatic carbocycles. The van der Waals surface area contributed by atoms with E-state index in [1.165, 1.54) is 23.3 Å². The Kier molecular flexibility index (Phi) is 6.14. The number of carbonyl (C=O) groups is 1. The third-order valence-electron chi connectivity index (χ3n) is 5.28. The predicted octanol–water partition coefficient (Wildman–Crippen LogP) is 2.50. The number of aryl methyl sites for hydroxylation is 1. The van der Waals surface area contributed by atoms with Gasteiger partial charge in [-0.2, -0.15) is 0 Å². The van der Waals surface area contributed by atoms with Crippen LogP contribution >= 0.6 is 0 Å². The van der Waals surface area contributed by atoms with E-state index in [0.29, 0.717) is 18.5 Å². The molecule has 0 spiro atoms. The molecule has 0 unspecified atom stereocenters. The zero-order valence-corrected chi connectivity index (χ0v) is 15.8. The minimum atomic E-state index is -0.638. The second-order valence-corrected chi connectivity index (χ2v) is 7.53. The fourth-order valence-electron chi connectivity index (χ4n) is 3.50. The van der Waals surface area contributed by atoms with Gasteiger partial charge >= 0.3 is 0 Å². The van der Waals surface area contributed by atoms with Crippen LogP contribution in [-0.2, 0) is 6.42 Å². The monoisotopic (exact) mass is 368 g/mol. The fraction of sp³-hybridized carbons (Fsp3) is 0.409. The van der Waals surface area contributed by atoms with Gasteiger partial charge in [0.1, 0.15) is 5.75 Å². The third-order valence-corrected chi connectivity index (χ3v) is 5.28. The maximum absolute atomic E-state index is 12.1. The Bertz CT molecular complexity index is 748. The summed E-state index contributed by atoms with van der Waals surface area (Å²) in [7, 11) is 0. The van der Waals surface area contributed by atoms with E-state index >= 15 is 0 Å². The first-order valence-corrected chi connectivity index (χ1v) is 9.51. The lowest BCUT2D eigenvalue weighted by atomic mass is 9.85. The lowest BCUT2D eigenvalue weighted by Crippen LogP contribution is -2.47. The van der Waals surface area contributed by atoms with E-state index in [0.717, 1.165) is 32.5 Å². The summed E-state index contributed by atoms with van der Waals surface area (Å²) >= 11 is 0. The highest BCUT2D eigenvalue weighted by molar-refractivity contribution is 5.94. The summed E-state index contributed by atoms with van der Waals surface area (Å²) in [5.74, 6) is 0.0147. The Morgan fingerprint density at radius 3 is 2.33 bits per heavy atom. The van der Waals surface area contributed by atoms with Gasteiger partial charge in [-0.15, -0.1) is 0 Å². The number of likely N-dealkylation sites (tertiary alicyclic amines) is 1. The number of phenolic OH excluding ortho intramolecular Hbond substituents is 1. The van der Waals surface area contributed by atoms with E-state index < -0.39 is 5.60 Å². The quantitative estimate of drug-likeness (QED) is 0.733. The predicted molar refractivity (Wildman–Crippen MR) is 106 cm³/mol. The second kappa shape index (κ2) is 8.55. The highest BCUT2D eigenvalue weighted by Crippen LogP contribution is 2.26. The van der Waals surface area contributed by atoms with Crippen molar-refractivity contribution in [2.24, 2.45) is 0 Å². The van der Waals surface area contributed by atoms with Crippen LogP contribution in [0.15, 0.2) is 48.5 Å². The van der Waals surface area contributed by atoms with E-state index in [4.69, 9.17) is 0 Å². The second-order valence-electron chi connectivity index (χ2n) is 7.53. The van der Waals surface area contributed by atoms with Crippen LogP contribution in [0, 0.1) is 6.92 Å². The Morgan fingerprint density at radius 1 is 1.07 bits per heavy atom. The van der Waals surface area contributed by atoms with Gasteiger partial charge in [-0.3, -0.25) is 4.79 Å². The van der Waals surface area contributed by atoms with Crippen LogP contribution in [0.4, 0.5) is 0 Å². The van der Waals surface area contributed by atoms with Crippen LogP contribution in [0.3, 0.4) is 0 Å². The van der Waals surface area contributed by atoms with Gasteiger partial charge in [0.15, 0.2) is 0 Å². The van der Waals surface area contributed by atoms with Gasteiger partial charge in [-0.05, 0) is 49.6 Å². The first kappa shape index (κ1) is 19.4. The number of nitrogens with zero attached hydrogens (tertiary/aromatic N) is 1. The molecule has 0 saturated carbocycles. The maximum atomic E-state index is 12.1. The summed E-state index contributed by atoms with van der Waals surface area (Å²) in [6, 6.07) is 14.6. The van der Waals surface area contributed by atoms with Crippen molar-refractivity contribution in [3.05, 3.63) is 65.2 Å². The Hall–Kier alpha value is -2.37. The number of rotatable bonds is 6. The first-order valence-electron chi connectivity index (χ1n) is 9.51. The van der Waals surface area contributed by atoms with Gasteiger partial charge in [0.05, 0.1) is 5.60 Å². The minimum absolute atomic E-state index is 0.136. The number of amides is 1. The van der Waals surface area contributed by atoms with Crippen molar-refractivity contribution in [1.82, 2.24) is 10.2 Å². The van der Waals surface area contributed by atoms with Crippen LogP contribution in [0.2, 0.25) is 0 Å². The molecule has 1 aliphatic rings. The summed E-state index contributed by atoms with van der Waals surface area (Å²) in [4.78, 5) is 14.4. The summed E-state index contributed by atoms with van der Waals surface area (Å²) in [5.41, 5.74) is 2.31. The highest BCUT2D eigenvalue weighted by atomic mass is 16.3. The standard InChI is InChI=1S/C22H28N2O3/c1-17-2-4-18(5-3-17)16-22(27)10-13-24(14-11-22)15-12-23-21(26)19-6-8-20(25)9-7-19/h2-9,25,27H,10-16H2,1H3,(H,23,26). The summed E-state index contributed by atoms with van der Waals surface area (Å²) in [6.45, 7) is 5.06. The van der Waals surface area contributed by atoms with Crippen LogP contribution in [0.1, 0.15) is 34.3 Å². The average Bonchev–Trinajstić information content (AvgIpc) is 2.66. The van der Waals surface area contributed by atoms with Crippen molar-refractivity contribution in [2.45, 2.75) is 31.8 Å². The molecule has 2 aromatic rings. The lowest BCUT2D eigenvalue weighted by Gasteiger charge is -2.38. The molecule has 0 atom stereocenters. The molecule has 1 fully saturated rings. The van der Waals surface area contributed by atoms with Crippen molar-refractivity contribution in [3.8, 4) is 5.75 Å². The van der Waals surface area contributed by atoms with Gasteiger partial charge in [-0.25, -0.2) is 0 Å². The smallest absolute Gasteiger partial charge is 0.251 e. The summed E-state index contributed by atoms with van der Waals surface area (Å²) in [5, 5.41) is 23.1. The Labute approximate surface area is 160 Å². The number of aliphatic hydroxyl groups is 1. The van der Waals surface area contributed by atoms with Crippen LogP contribution < -0.4 is 5.32 Å². The minimum Gasteiger partial charge on any atom is -0.508 e. The molecule has 5 heteroatoms. The lowest BCUT2D eigenvalue weighted by molar-refractivity contribution is -0.0202. The number of nitrogens with one attached hydrogen (secondary N) is 1. The van der Waals surface area contributed by atoms with Crippen molar-refractivity contribution in [3.63, 3.8) is 0 Å². The Balaban J connectivity index is 1.40. The normalized spacial score (nSPS) is 16.8. The number of hydrogen-bond donors (Lipinski definition) is 3. The molecule has 2 aromatic carbocycles.